The molecule has 3 nitrogen and oxygen atoms in total. The van der Waals surface area contributed by atoms with E-state index in [2.05, 4.69) is 43.6 Å². The molecule has 1 N–H and O–H groups in total. The molecule has 1 aromatic carbocycles. The lowest BCUT2D eigenvalue weighted by molar-refractivity contribution is -0.0166. The van der Waals surface area contributed by atoms with Gasteiger partial charge in [-0.25, -0.2) is 0 Å². The molecular formula is C25H31NO2S. The van der Waals surface area contributed by atoms with Gasteiger partial charge in [-0.1, -0.05) is 17.7 Å². The minimum Gasteiger partial charge on any atom is -0.488 e. The van der Waals surface area contributed by atoms with E-state index < -0.39 is 0 Å². The normalized spacial score (nSPS) is 29.8. The molecule has 0 saturated heterocycles. The van der Waals surface area contributed by atoms with Crippen LogP contribution in [0.3, 0.4) is 0 Å². The Labute approximate surface area is 177 Å². The quantitative estimate of drug-likeness (QED) is 0.662. The third kappa shape index (κ3) is 3.72. The third-order valence-corrected chi connectivity index (χ3v) is 8.26. The Kier molecular flexibility index (Phi) is 4.73. The molecule has 0 spiro atoms. The van der Waals surface area contributed by atoms with Crippen LogP contribution < -0.4 is 10.1 Å². The molecule has 2 aromatic rings. The minimum atomic E-state index is 0.0720. The van der Waals surface area contributed by atoms with Crippen LogP contribution in [-0.4, -0.2) is 11.4 Å². The number of benzene rings is 1. The van der Waals surface area contributed by atoms with Crippen molar-refractivity contribution in [2.75, 3.05) is 0 Å². The fourth-order valence-electron chi connectivity index (χ4n) is 6.69. The maximum Gasteiger partial charge on any atom is 0.261 e. The Morgan fingerprint density at radius 1 is 1.03 bits per heavy atom. The molecule has 154 valence electrons. The molecule has 0 aliphatic heterocycles. The summed E-state index contributed by atoms with van der Waals surface area (Å²) in [7, 11) is 0. The van der Waals surface area contributed by atoms with Gasteiger partial charge in [0.1, 0.15) is 12.4 Å². The topological polar surface area (TPSA) is 38.3 Å². The van der Waals surface area contributed by atoms with Crippen LogP contribution in [0.15, 0.2) is 23.6 Å². The molecule has 4 saturated carbocycles. The number of amides is 1. The van der Waals surface area contributed by atoms with Crippen molar-refractivity contribution in [1.82, 2.24) is 5.32 Å². The zero-order valence-corrected chi connectivity index (χ0v) is 18.5. The highest BCUT2D eigenvalue weighted by atomic mass is 32.1. The van der Waals surface area contributed by atoms with Crippen LogP contribution in [0.2, 0.25) is 0 Å². The van der Waals surface area contributed by atoms with Gasteiger partial charge < -0.3 is 10.1 Å². The van der Waals surface area contributed by atoms with E-state index in [9.17, 15) is 4.79 Å². The molecule has 0 radical (unpaired) electrons. The Morgan fingerprint density at radius 2 is 1.62 bits per heavy atom. The van der Waals surface area contributed by atoms with Crippen LogP contribution in [0.5, 0.6) is 5.75 Å². The first-order valence-corrected chi connectivity index (χ1v) is 11.9. The molecule has 4 aliphatic carbocycles. The predicted octanol–water partition coefficient (Wildman–Crippen LogP) is 5.95. The van der Waals surface area contributed by atoms with Gasteiger partial charge in [0.15, 0.2) is 0 Å². The van der Waals surface area contributed by atoms with Gasteiger partial charge in [0.2, 0.25) is 0 Å². The average Bonchev–Trinajstić information content (AvgIpc) is 3.08. The van der Waals surface area contributed by atoms with Gasteiger partial charge in [-0.15, -0.1) is 11.3 Å². The van der Waals surface area contributed by atoms with Crippen LogP contribution in [0.25, 0.3) is 0 Å². The number of hydrogen-bond donors (Lipinski definition) is 1. The monoisotopic (exact) mass is 409 g/mol. The largest absolute Gasteiger partial charge is 0.488 e. The average molecular weight is 410 g/mol. The van der Waals surface area contributed by atoms with Crippen LogP contribution in [0.1, 0.15) is 70.5 Å². The summed E-state index contributed by atoms with van der Waals surface area (Å²) >= 11 is 1.54. The SMILES string of the molecule is Cc1cc(C)c(OCc2csc(C(=O)NC34CC5CC(CC(C5)C3)C4)c2)c(C)c1. The van der Waals surface area contributed by atoms with E-state index in [0.717, 1.165) is 45.1 Å². The second-order valence-electron chi connectivity index (χ2n) is 9.99. The second kappa shape index (κ2) is 7.16. The standard InChI is InChI=1S/C25H31NO2S/c1-15-4-16(2)23(17(3)5-15)28-13-21-9-22(29-14-21)24(27)26-25-10-18-6-19(11-25)8-20(7-18)12-25/h4-5,9,14,18-20H,6-8,10-13H2,1-3H3,(H,26,27). The number of aryl methyl sites for hydroxylation is 3. The first kappa shape index (κ1) is 19.2. The highest BCUT2D eigenvalue weighted by molar-refractivity contribution is 7.12. The molecule has 4 aliphatic rings. The second-order valence-corrected chi connectivity index (χ2v) is 10.9. The number of thiophene rings is 1. The molecule has 6 rings (SSSR count). The summed E-state index contributed by atoms with van der Waals surface area (Å²) in [6.45, 7) is 6.80. The maximum atomic E-state index is 13.0. The number of ether oxygens (including phenoxy) is 1. The van der Waals surface area contributed by atoms with Crippen molar-refractivity contribution >= 4 is 17.2 Å². The number of hydrogen-bond acceptors (Lipinski definition) is 3. The van der Waals surface area contributed by atoms with Gasteiger partial charge in [-0.3, -0.25) is 4.79 Å². The van der Waals surface area contributed by atoms with Crippen molar-refractivity contribution in [2.45, 2.75) is 71.4 Å². The van der Waals surface area contributed by atoms with E-state index in [4.69, 9.17) is 4.74 Å². The van der Waals surface area contributed by atoms with Gasteiger partial charge in [-0.2, -0.15) is 0 Å². The molecular weight excluding hydrogens is 378 g/mol. The molecule has 4 bridgehead atoms. The van der Waals surface area contributed by atoms with Crippen LogP contribution in [-0.2, 0) is 6.61 Å². The van der Waals surface area contributed by atoms with Gasteiger partial charge in [0, 0.05) is 11.1 Å². The lowest BCUT2D eigenvalue weighted by Crippen LogP contribution is -2.59. The highest BCUT2D eigenvalue weighted by Gasteiger charge is 2.51. The number of carbonyl (C=O) groups excluding carboxylic acids is 1. The van der Waals surface area contributed by atoms with Crippen molar-refractivity contribution in [3.8, 4) is 5.75 Å². The number of nitrogens with one attached hydrogen (secondary N) is 1. The minimum absolute atomic E-state index is 0.0720. The maximum absolute atomic E-state index is 13.0. The summed E-state index contributed by atoms with van der Waals surface area (Å²) in [6, 6.07) is 6.32. The van der Waals surface area contributed by atoms with Gasteiger partial charge in [0.05, 0.1) is 4.88 Å². The highest BCUT2D eigenvalue weighted by Crippen LogP contribution is 2.55. The fraction of sp³-hybridized carbons (Fsp3) is 0.560. The summed E-state index contributed by atoms with van der Waals surface area (Å²) in [5, 5.41) is 5.55. The fourth-order valence-corrected chi connectivity index (χ4v) is 7.48. The molecule has 0 unspecified atom stereocenters. The van der Waals surface area contributed by atoms with Crippen molar-refractivity contribution < 1.29 is 9.53 Å². The lowest BCUT2D eigenvalue weighted by atomic mass is 9.53. The molecule has 1 amide bonds. The summed E-state index contributed by atoms with van der Waals surface area (Å²) in [5.74, 6) is 3.60. The molecule has 1 aromatic heterocycles. The van der Waals surface area contributed by atoms with E-state index in [0.29, 0.717) is 6.61 Å². The number of carbonyl (C=O) groups is 1. The Bertz CT molecular complexity index is 886. The summed E-state index contributed by atoms with van der Waals surface area (Å²) < 4.78 is 6.11. The van der Waals surface area contributed by atoms with Crippen LogP contribution in [0, 0.1) is 38.5 Å². The predicted molar refractivity (Wildman–Crippen MR) is 118 cm³/mol. The first-order valence-electron chi connectivity index (χ1n) is 11.0. The van der Waals surface area contributed by atoms with E-state index in [1.54, 1.807) is 11.3 Å². The lowest BCUT2D eigenvalue weighted by Gasteiger charge is -2.56. The third-order valence-electron chi connectivity index (χ3n) is 7.28. The van der Waals surface area contributed by atoms with Gasteiger partial charge >= 0.3 is 0 Å². The van der Waals surface area contributed by atoms with E-state index >= 15 is 0 Å². The molecule has 0 atom stereocenters. The van der Waals surface area contributed by atoms with E-state index in [1.165, 1.54) is 44.1 Å². The first-order chi connectivity index (χ1) is 13.9. The molecule has 29 heavy (non-hydrogen) atoms. The summed E-state index contributed by atoms with van der Waals surface area (Å²) in [6.07, 6.45) is 7.77. The smallest absolute Gasteiger partial charge is 0.261 e. The van der Waals surface area contributed by atoms with Crippen molar-refractivity contribution in [1.29, 1.82) is 0 Å². The summed E-state index contributed by atoms with van der Waals surface area (Å²) in [5.41, 5.74) is 4.73. The van der Waals surface area contributed by atoms with Crippen molar-refractivity contribution in [2.24, 2.45) is 17.8 Å². The van der Waals surface area contributed by atoms with Crippen molar-refractivity contribution in [3.63, 3.8) is 0 Å². The van der Waals surface area contributed by atoms with Crippen LogP contribution in [0.4, 0.5) is 0 Å². The van der Waals surface area contributed by atoms with Crippen LogP contribution >= 0.6 is 11.3 Å². The van der Waals surface area contributed by atoms with Gasteiger partial charge in [0.25, 0.3) is 5.91 Å². The Hall–Kier alpha value is -1.81. The van der Waals surface area contributed by atoms with E-state index in [-0.39, 0.29) is 11.4 Å². The zero-order chi connectivity index (χ0) is 20.2. The summed E-state index contributed by atoms with van der Waals surface area (Å²) in [4.78, 5) is 13.8. The molecule has 4 fully saturated rings. The Morgan fingerprint density at radius 3 is 2.21 bits per heavy atom. The molecule has 4 heteroatoms. The van der Waals surface area contributed by atoms with Crippen molar-refractivity contribution in [3.05, 3.63) is 50.7 Å². The Balaban J connectivity index is 1.24. The number of rotatable bonds is 5. The zero-order valence-electron chi connectivity index (χ0n) is 17.7. The van der Waals surface area contributed by atoms with Gasteiger partial charge in [-0.05, 0) is 99.6 Å². The van der Waals surface area contributed by atoms with E-state index in [1.807, 2.05) is 6.07 Å². The molecule has 1 heterocycles.